The first-order valence-corrected chi connectivity index (χ1v) is 11.1. The number of benzene rings is 1. The number of ether oxygens (including phenoxy) is 1. The summed E-state index contributed by atoms with van der Waals surface area (Å²) in [5, 5.41) is 0.888. The van der Waals surface area contributed by atoms with Gasteiger partial charge < -0.3 is 0 Å². The molecule has 5 atom stereocenters. The van der Waals surface area contributed by atoms with Gasteiger partial charge in [-0.15, -0.1) is 0 Å². The molecule has 0 bridgehead atoms. The molecule has 1 spiro atoms. The summed E-state index contributed by atoms with van der Waals surface area (Å²) < 4.78 is 6.79. The van der Waals surface area contributed by atoms with Crippen molar-refractivity contribution in [2.24, 2.45) is 28.6 Å². The summed E-state index contributed by atoms with van der Waals surface area (Å²) in [6, 6.07) is 10.4. The Morgan fingerprint density at radius 3 is 2.72 bits per heavy atom. The molecule has 1 heterocycles. The predicted octanol–water partition coefficient (Wildman–Crippen LogP) is 2.79. The predicted molar refractivity (Wildman–Crippen MR) is 97.7 cm³/mol. The van der Waals surface area contributed by atoms with Crippen molar-refractivity contribution in [3.05, 3.63) is 42.5 Å². The van der Waals surface area contributed by atoms with Gasteiger partial charge in [-0.3, -0.25) is 0 Å². The van der Waals surface area contributed by atoms with Gasteiger partial charge in [0.1, 0.15) is 0 Å². The van der Waals surface area contributed by atoms with E-state index >= 15 is 0 Å². The summed E-state index contributed by atoms with van der Waals surface area (Å²) in [4.78, 5) is 26.4. The van der Waals surface area contributed by atoms with Crippen molar-refractivity contribution in [2.75, 3.05) is 6.61 Å². The maximum atomic E-state index is 13.6. The number of rotatable bonds is 3. The van der Waals surface area contributed by atoms with E-state index in [1.54, 1.807) is 0 Å². The Hall–Kier alpha value is -1.38. The van der Waals surface area contributed by atoms with Gasteiger partial charge >= 0.3 is 155 Å². The van der Waals surface area contributed by atoms with Crippen molar-refractivity contribution in [2.45, 2.75) is 32.0 Å². The van der Waals surface area contributed by atoms with Crippen molar-refractivity contribution in [3.63, 3.8) is 0 Å². The number of fused-ring (bicyclic) bond motifs is 1. The minimum atomic E-state index is -0.893. The molecule has 1 saturated heterocycles. The normalized spacial score (nSPS) is 39.7. The summed E-state index contributed by atoms with van der Waals surface area (Å²) in [5.41, 5.74) is -1.31. The first-order chi connectivity index (χ1) is 12.0. The molecule has 1 aliphatic heterocycles. The molecule has 0 aromatic heterocycles. The molecule has 1 saturated carbocycles. The number of allylic oxidation sites excluding steroid dienone is 2. The second-order valence-electron chi connectivity index (χ2n) is 7.86. The van der Waals surface area contributed by atoms with Crippen LogP contribution >= 0.6 is 0 Å². The third kappa shape index (κ3) is 2.38. The molecule has 0 amide bonds. The number of carbonyl (C=O) groups excluding carboxylic acids is 2. The molecule has 3 nitrogen and oxygen atoms in total. The molecule has 2 aliphatic carbocycles. The van der Waals surface area contributed by atoms with Gasteiger partial charge in [-0.25, -0.2) is 0 Å². The average Bonchev–Trinajstić information content (AvgIpc) is 3.06. The number of hydrogen-bond donors (Lipinski definition) is 0. The van der Waals surface area contributed by atoms with Crippen molar-refractivity contribution >= 4 is 31.2 Å². The molecule has 132 valence electrons. The Bertz CT molecular complexity index is 728. The molecular formula is C21H24O3Se. The van der Waals surface area contributed by atoms with Gasteiger partial charge in [-0.05, 0) is 0 Å². The van der Waals surface area contributed by atoms with Crippen molar-refractivity contribution in [1.29, 1.82) is 0 Å². The van der Waals surface area contributed by atoms with Crippen molar-refractivity contribution in [1.82, 2.24) is 0 Å². The van der Waals surface area contributed by atoms with Crippen LogP contribution in [0.25, 0.3) is 0 Å². The molecule has 0 radical (unpaired) electrons. The van der Waals surface area contributed by atoms with Crippen LogP contribution in [0, 0.1) is 28.6 Å². The van der Waals surface area contributed by atoms with Gasteiger partial charge in [0, 0.05) is 0 Å². The summed E-state index contributed by atoms with van der Waals surface area (Å²) in [6.07, 6.45) is 5.91. The maximum absolute atomic E-state index is 13.6. The minimum absolute atomic E-state index is 0.0299. The Labute approximate surface area is 155 Å². The van der Waals surface area contributed by atoms with Crippen LogP contribution in [0.4, 0.5) is 0 Å². The zero-order valence-corrected chi connectivity index (χ0v) is 16.4. The number of cyclic esters (lactones) is 1. The fourth-order valence-corrected chi connectivity index (χ4v) is 7.32. The van der Waals surface area contributed by atoms with Gasteiger partial charge in [0.05, 0.1) is 0 Å². The van der Waals surface area contributed by atoms with E-state index in [1.807, 2.05) is 18.2 Å². The molecule has 25 heavy (non-hydrogen) atoms. The van der Waals surface area contributed by atoms with E-state index in [-0.39, 0.29) is 44.5 Å². The fraction of sp³-hybridized carbons (Fsp3) is 0.524. The summed E-state index contributed by atoms with van der Waals surface area (Å²) in [7, 11) is 0. The van der Waals surface area contributed by atoms with E-state index in [2.05, 4.69) is 38.1 Å². The van der Waals surface area contributed by atoms with Gasteiger partial charge in [-0.2, -0.15) is 0 Å². The first kappa shape index (κ1) is 17.1. The van der Waals surface area contributed by atoms with E-state index in [1.165, 1.54) is 4.46 Å². The third-order valence-corrected chi connectivity index (χ3v) is 9.24. The Kier molecular flexibility index (Phi) is 4.16. The quantitative estimate of drug-likeness (QED) is 0.337. The Balaban J connectivity index is 1.62. The number of carbonyl (C=O) groups is 2. The van der Waals surface area contributed by atoms with Gasteiger partial charge in [0.25, 0.3) is 0 Å². The fourth-order valence-electron chi connectivity index (χ4n) is 4.96. The SMILES string of the molecule is C[C@@H]1C=CC[C@@H]2C[C@@]3(C(=O)OC[C@H]3C[Se]c3ccccc3)C(=O)[C@@]21C. The standard InChI is InChI=1S/C21H24O3Se/c1-14-7-6-8-15-11-21(18(22)20(14,15)2)16(12-24-19(21)23)13-25-17-9-4-3-5-10-17/h3-7,9-10,14-16H,8,11-13H2,1-2H3/t14-,15-,16+,20-,21+/m1/s1. The molecule has 1 aromatic carbocycles. The molecule has 0 unspecified atom stereocenters. The van der Waals surface area contributed by atoms with Gasteiger partial charge in [-0.1, -0.05) is 0 Å². The average molecular weight is 403 g/mol. The van der Waals surface area contributed by atoms with Crippen LogP contribution in [0.15, 0.2) is 42.5 Å². The third-order valence-electron chi connectivity index (χ3n) is 6.77. The summed E-state index contributed by atoms with van der Waals surface area (Å²) >= 11 is 0.256. The van der Waals surface area contributed by atoms with Crippen molar-refractivity contribution < 1.29 is 14.3 Å². The molecule has 2 fully saturated rings. The summed E-state index contributed by atoms with van der Waals surface area (Å²) in [6.45, 7) is 4.60. The molecule has 4 heteroatoms. The molecule has 1 aromatic rings. The number of ketones is 1. The van der Waals surface area contributed by atoms with Gasteiger partial charge in [0.2, 0.25) is 0 Å². The van der Waals surface area contributed by atoms with E-state index in [9.17, 15) is 9.59 Å². The van der Waals surface area contributed by atoms with E-state index in [0.717, 1.165) is 11.7 Å². The molecule has 4 rings (SSSR count). The number of Topliss-reactive ketones (excluding diaryl/α,β-unsaturated/α-hetero) is 1. The number of esters is 1. The van der Waals surface area contributed by atoms with Gasteiger partial charge in [0.15, 0.2) is 0 Å². The monoisotopic (exact) mass is 404 g/mol. The van der Waals surface area contributed by atoms with Crippen LogP contribution in [0.5, 0.6) is 0 Å². The first-order valence-electron chi connectivity index (χ1n) is 9.06. The zero-order chi connectivity index (χ0) is 17.7. The second kappa shape index (κ2) is 6.10. The number of hydrogen-bond acceptors (Lipinski definition) is 3. The van der Waals surface area contributed by atoms with Crippen LogP contribution in [-0.4, -0.2) is 33.3 Å². The van der Waals surface area contributed by atoms with E-state index in [4.69, 9.17) is 4.74 Å². The molecule has 3 aliphatic rings. The van der Waals surface area contributed by atoms with E-state index in [0.29, 0.717) is 13.0 Å². The molecular weight excluding hydrogens is 379 g/mol. The zero-order valence-electron chi connectivity index (χ0n) is 14.7. The Morgan fingerprint density at radius 1 is 1.24 bits per heavy atom. The van der Waals surface area contributed by atoms with E-state index < -0.39 is 10.8 Å². The second-order valence-corrected chi connectivity index (χ2v) is 10.2. The van der Waals surface area contributed by atoms with Crippen molar-refractivity contribution in [3.8, 4) is 0 Å². The topological polar surface area (TPSA) is 43.4 Å². The summed E-state index contributed by atoms with van der Waals surface area (Å²) in [5.74, 6) is 0.374. The van der Waals surface area contributed by atoms with Crippen LogP contribution in [0.1, 0.15) is 26.7 Å². The van der Waals surface area contributed by atoms with Crippen LogP contribution < -0.4 is 4.46 Å². The molecule has 0 N–H and O–H groups in total. The Morgan fingerprint density at radius 2 is 2.00 bits per heavy atom. The van der Waals surface area contributed by atoms with Crippen LogP contribution in [0.2, 0.25) is 5.32 Å². The van der Waals surface area contributed by atoms with Crippen LogP contribution in [0.3, 0.4) is 0 Å². The van der Waals surface area contributed by atoms with Crippen LogP contribution in [-0.2, 0) is 14.3 Å².